The fraction of sp³-hybridized carbons (Fsp3) is 0.174. The predicted molar refractivity (Wildman–Crippen MR) is 104 cm³/mol. The first-order valence-corrected chi connectivity index (χ1v) is 8.41. The number of hydrogen-bond acceptors (Lipinski definition) is 0. The van der Waals surface area contributed by atoms with Gasteiger partial charge in [-0.3, -0.25) is 0 Å². The second kappa shape index (κ2) is 5.59. The van der Waals surface area contributed by atoms with Crippen molar-refractivity contribution < 1.29 is 4.68 Å². The Morgan fingerprint density at radius 1 is 0.880 bits per heavy atom. The highest BCUT2D eigenvalue weighted by Gasteiger charge is 2.27. The van der Waals surface area contributed by atoms with Gasteiger partial charge >= 0.3 is 0 Å². The van der Waals surface area contributed by atoms with Crippen molar-refractivity contribution in [3.05, 3.63) is 83.6 Å². The second-order valence-corrected chi connectivity index (χ2v) is 6.66. The van der Waals surface area contributed by atoms with Gasteiger partial charge in [0, 0.05) is 0 Å². The summed E-state index contributed by atoms with van der Waals surface area (Å²) in [5.74, 6) is 0. The van der Waals surface area contributed by atoms with E-state index in [2.05, 4.69) is 90.2 Å². The molecule has 0 aliphatic heterocycles. The van der Waals surface area contributed by atoms with E-state index in [0.717, 1.165) is 6.42 Å². The molecule has 0 amide bonds. The molecule has 3 aromatic carbocycles. The van der Waals surface area contributed by atoms with Crippen molar-refractivity contribution >= 4 is 10.9 Å². The average Bonchev–Trinajstić information content (AvgIpc) is 3.13. The molecular weight excluding hydrogens is 304 g/mol. The van der Waals surface area contributed by atoms with Crippen LogP contribution in [0.4, 0.5) is 0 Å². The van der Waals surface area contributed by atoms with Crippen molar-refractivity contribution in [3.63, 3.8) is 0 Å². The number of aromatic nitrogens is 2. The third kappa shape index (κ3) is 2.14. The van der Waals surface area contributed by atoms with Crippen LogP contribution in [0.5, 0.6) is 0 Å². The molecule has 2 heteroatoms. The van der Waals surface area contributed by atoms with E-state index in [9.17, 15) is 0 Å². The maximum atomic E-state index is 2.29. The van der Waals surface area contributed by atoms with E-state index in [1.165, 1.54) is 44.4 Å². The minimum atomic E-state index is 0. The molecule has 0 atom stereocenters. The highest BCUT2D eigenvalue weighted by atomic mass is 15.4. The monoisotopic (exact) mass is 327 g/mol. The van der Waals surface area contributed by atoms with Crippen LogP contribution in [0.1, 0.15) is 24.1 Å². The lowest BCUT2D eigenvalue weighted by Gasteiger charge is -2.04. The summed E-state index contributed by atoms with van der Waals surface area (Å²) in [6.07, 6.45) is 3.29. The van der Waals surface area contributed by atoms with Gasteiger partial charge in [-0.1, -0.05) is 56.0 Å². The van der Waals surface area contributed by atoms with E-state index >= 15 is 0 Å². The minimum absolute atomic E-state index is 0. The van der Waals surface area contributed by atoms with E-state index in [0.29, 0.717) is 0 Å². The molecule has 0 unspecified atom stereocenters. The molecule has 0 spiro atoms. The van der Waals surface area contributed by atoms with E-state index in [-0.39, 0.29) is 7.43 Å². The summed E-state index contributed by atoms with van der Waals surface area (Å²) in [4.78, 5) is 0. The van der Waals surface area contributed by atoms with Crippen LogP contribution in [0, 0.1) is 6.92 Å². The summed E-state index contributed by atoms with van der Waals surface area (Å²) >= 11 is 0. The molecule has 0 radical (unpaired) electrons. The fourth-order valence-electron chi connectivity index (χ4n) is 4.05. The van der Waals surface area contributed by atoms with Crippen LogP contribution in [-0.2, 0) is 13.5 Å². The zero-order chi connectivity index (χ0) is 16.3. The van der Waals surface area contributed by atoms with Crippen molar-refractivity contribution in [3.8, 4) is 16.8 Å². The smallest absolute Gasteiger partial charge is 0.127 e. The molecule has 25 heavy (non-hydrogen) atoms. The fourth-order valence-corrected chi connectivity index (χ4v) is 4.05. The number of aryl methyl sites for hydroxylation is 2. The molecule has 1 aliphatic carbocycles. The van der Waals surface area contributed by atoms with Gasteiger partial charge in [-0.2, -0.15) is 0 Å². The van der Waals surface area contributed by atoms with Crippen LogP contribution in [0.25, 0.3) is 27.7 Å². The first-order chi connectivity index (χ1) is 11.7. The summed E-state index contributed by atoms with van der Waals surface area (Å²) < 4.78 is 4.56. The summed E-state index contributed by atoms with van der Waals surface area (Å²) in [5.41, 5.74) is 9.49. The molecule has 0 saturated heterocycles. The molecular formula is C23H23N2+. The molecule has 0 bridgehead atoms. The number of hydrogen-bond donors (Lipinski definition) is 0. The van der Waals surface area contributed by atoms with Crippen LogP contribution >= 0.6 is 0 Å². The van der Waals surface area contributed by atoms with Crippen LogP contribution in [-0.4, -0.2) is 4.68 Å². The Hall–Kier alpha value is -2.87. The number of fused-ring (bicyclic) bond motifs is 5. The lowest BCUT2D eigenvalue weighted by molar-refractivity contribution is -0.720. The van der Waals surface area contributed by atoms with Gasteiger partial charge in [-0.25, -0.2) is 0 Å². The van der Waals surface area contributed by atoms with Crippen LogP contribution in [0.3, 0.4) is 0 Å². The van der Waals surface area contributed by atoms with Crippen LogP contribution in [0.2, 0.25) is 0 Å². The highest BCUT2D eigenvalue weighted by molar-refractivity contribution is 5.96. The van der Waals surface area contributed by atoms with E-state index < -0.39 is 0 Å². The first kappa shape index (κ1) is 15.6. The summed E-state index contributed by atoms with van der Waals surface area (Å²) in [6.45, 7) is 2.17. The Balaban J connectivity index is 0.00000157. The Kier molecular flexibility index (Phi) is 3.50. The third-order valence-electron chi connectivity index (χ3n) is 5.23. The van der Waals surface area contributed by atoms with E-state index in [4.69, 9.17) is 0 Å². The molecule has 0 saturated carbocycles. The van der Waals surface area contributed by atoms with Gasteiger partial charge in [0.25, 0.3) is 0 Å². The second-order valence-electron chi connectivity index (χ2n) is 6.66. The van der Waals surface area contributed by atoms with Crippen LogP contribution in [0.15, 0.2) is 66.9 Å². The summed E-state index contributed by atoms with van der Waals surface area (Å²) in [5, 5.41) is 1.29. The third-order valence-corrected chi connectivity index (χ3v) is 5.23. The molecule has 0 N–H and O–H groups in total. The van der Waals surface area contributed by atoms with Gasteiger partial charge in [0.05, 0.1) is 17.1 Å². The summed E-state index contributed by atoms with van der Waals surface area (Å²) in [7, 11) is 2.16. The highest BCUT2D eigenvalue weighted by Crippen LogP contribution is 2.40. The van der Waals surface area contributed by atoms with Crippen molar-refractivity contribution in [2.45, 2.75) is 20.8 Å². The summed E-state index contributed by atoms with van der Waals surface area (Å²) in [6, 6.07) is 21.9. The molecule has 0 fully saturated rings. The normalized spacial score (nSPS) is 11.9. The van der Waals surface area contributed by atoms with E-state index in [1.807, 2.05) is 0 Å². The number of benzene rings is 3. The zero-order valence-corrected chi connectivity index (χ0v) is 14.0. The quantitative estimate of drug-likeness (QED) is 0.384. The largest absolute Gasteiger partial charge is 0.246 e. The van der Waals surface area contributed by atoms with E-state index in [1.54, 1.807) is 0 Å². The standard InChI is InChI=1S/C22H19N2.CH4/c1-15-7-3-6-10-20(15)24-14-18-12-11-17-13-16-8-4-5-9-19(16)21(17)22(18)23(24)2;/h3-12,14H,13H2,1-2H3;1H4/q+1;. The van der Waals surface area contributed by atoms with Gasteiger partial charge in [0.2, 0.25) is 5.52 Å². The molecule has 1 heterocycles. The van der Waals surface area contributed by atoms with Crippen molar-refractivity contribution in [2.24, 2.45) is 7.05 Å². The molecule has 1 aliphatic rings. The topological polar surface area (TPSA) is 8.81 Å². The van der Waals surface area contributed by atoms with Crippen molar-refractivity contribution in [1.29, 1.82) is 0 Å². The average molecular weight is 327 g/mol. The Labute approximate surface area is 149 Å². The number of rotatable bonds is 1. The predicted octanol–water partition coefficient (Wildman–Crippen LogP) is 4.97. The molecule has 124 valence electrons. The Bertz CT molecular complexity index is 1100. The van der Waals surface area contributed by atoms with Crippen molar-refractivity contribution in [1.82, 2.24) is 4.68 Å². The maximum absolute atomic E-state index is 2.29. The lowest BCUT2D eigenvalue weighted by Crippen LogP contribution is -2.38. The maximum Gasteiger partial charge on any atom is 0.246 e. The first-order valence-electron chi connectivity index (χ1n) is 8.41. The minimum Gasteiger partial charge on any atom is -0.127 e. The van der Waals surface area contributed by atoms with Crippen LogP contribution < -0.4 is 4.68 Å². The van der Waals surface area contributed by atoms with Gasteiger partial charge in [0.1, 0.15) is 5.69 Å². The SMILES string of the molecule is C.Cc1ccccc1-n1cc2ccc3c(c2[n+]1C)-c1ccccc1C3. The van der Waals surface area contributed by atoms with Gasteiger partial charge in [-0.05, 0) is 47.7 Å². The lowest BCUT2D eigenvalue weighted by atomic mass is 10.0. The Morgan fingerprint density at radius 3 is 2.48 bits per heavy atom. The van der Waals surface area contributed by atoms with Gasteiger partial charge in [0.15, 0.2) is 7.05 Å². The van der Waals surface area contributed by atoms with Gasteiger partial charge < -0.3 is 0 Å². The Morgan fingerprint density at radius 2 is 1.64 bits per heavy atom. The number of para-hydroxylation sites is 1. The zero-order valence-electron chi connectivity index (χ0n) is 14.0. The van der Waals surface area contributed by atoms with Gasteiger partial charge in [-0.15, -0.1) is 9.36 Å². The molecule has 2 nitrogen and oxygen atoms in total. The van der Waals surface area contributed by atoms with Crippen molar-refractivity contribution in [2.75, 3.05) is 0 Å². The molecule has 5 rings (SSSR count). The number of nitrogens with zero attached hydrogens (tertiary/aromatic N) is 2. The molecule has 1 aromatic heterocycles. The molecule has 4 aromatic rings.